The Morgan fingerprint density at radius 2 is 0.873 bits per heavy atom. The van der Waals surface area contributed by atoms with Gasteiger partial charge in [-0.1, -0.05) is 78.1 Å². The fraction of sp³-hybridized carbons (Fsp3) is 0.282. The molecule has 0 aliphatic carbocycles. The number of aliphatic hydroxyl groups excluding tert-OH is 1. The number of esters is 2. The van der Waals surface area contributed by atoms with Crippen LogP contribution in [0, 0.1) is 0 Å². The quantitative estimate of drug-likeness (QED) is 0.130. The highest BCUT2D eigenvalue weighted by Crippen LogP contribution is 2.42. The van der Waals surface area contributed by atoms with Crippen molar-refractivity contribution in [3.63, 3.8) is 0 Å². The van der Waals surface area contributed by atoms with Gasteiger partial charge in [-0.25, -0.2) is 0 Å². The Kier molecular flexibility index (Phi) is 19.1. The molecule has 11 nitrogen and oxygen atoms in total. The largest absolute Gasteiger partial charge is 0.459 e. The molecule has 0 fully saturated rings. The molecule has 3 aromatic carbocycles. The van der Waals surface area contributed by atoms with Crippen LogP contribution >= 0.6 is 68.0 Å². The van der Waals surface area contributed by atoms with Crippen molar-refractivity contribution in [3.05, 3.63) is 110 Å². The van der Waals surface area contributed by atoms with E-state index in [-0.39, 0.29) is 15.5 Å². The third-order valence-corrected chi connectivity index (χ3v) is 10.9. The van der Waals surface area contributed by atoms with Gasteiger partial charge in [0.2, 0.25) is 0 Å². The molecule has 0 saturated carbocycles. The smallest absolute Gasteiger partial charge is 0.326 e. The standard InChI is InChI=1S/C22H21NO4S2.C10H11Br2NO4.C6H6S.CH4O/c1-22(2,3)27-17(24)14-23-20(25)18(28-15-10-6-4-7-11-15)19(21(23)26)29-16-12-8-5-9-13-16;1-10(2,3)17-5(14)4-13-8(15)6(11)7(12)9(13)16;7-6-4-2-1-3-5-6;1-2/h4-13H,14H2,1-3H3;4H2,1-3H3;1-5,7H;2H,1H3. The molecule has 2 aliphatic heterocycles. The van der Waals surface area contributed by atoms with Crippen molar-refractivity contribution in [3.8, 4) is 0 Å². The highest BCUT2D eigenvalue weighted by Gasteiger charge is 2.41. The summed E-state index contributed by atoms with van der Waals surface area (Å²) in [4.78, 5) is 78.1. The van der Waals surface area contributed by atoms with E-state index in [4.69, 9.17) is 14.6 Å². The van der Waals surface area contributed by atoms with Gasteiger partial charge >= 0.3 is 11.9 Å². The van der Waals surface area contributed by atoms with Crippen molar-refractivity contribution in [1.29, 1.82) is 0 Å². The summed E-state index contributed by atoms with van der Waals surface area (Å²) in [5.41, 5.74) is -1.34. The second-order valence-corrected chi connectivity index (χ2v) is 17.3. The van der Waals surface area contributed by atoms with Gasteiger partial charge in [-0.2, -0.15) is 0 Å². The first kappa shape index (κ1) is 47.5. The van der Waals surface area contributed by atoms with E-state index in [1.807, 2.05) is 91.0 Å². The Morgan fingerprint density at radius 3 is 1.15 bits per heavy atom. The number of halogens is 2. The molecule has 0 bridgehead atoms. The minimum Gasteiger partial charge on any atom is -0.459 e. The lowest BCUT2D eigenvalue weighted by molar-refractivity contribution is -0.160. The van der Waals surface area contributed by atoms with Gasteiger partial charge in [-0.05, 0) is 110 Å². The molecule has 2 aliphatic rings. The van der Waals surface area contributed by atoms with E-state index in [1.165, 1.54) is 23.5 Å². The lowest BCUT2D eigenvalue weighted by atomic mass is 10.2. The monoisotopic (exact) mass is 936 g/mol. The van der Waals surface area contributed by atoms with Crippen LogP contribution in [0.2, 0.25) is 0 Å². The summed E-state index contributed by atoms with van der Waals surface area (Å²) in [6.07, 6.45) is 0. The number of imide groups is 2. The van der Waals surface area contributed by atoms with Crippen molar-refractivity contribution < 1.29 is 43.3 Å². The van der Waals surface area contributed by atoms with Crippen molar-refractivity contribution >= 4 is 104 Å². The van der Waals surface area contributed by atoms with Crippen molar-refractivity contribution in [1.82, 2.24) is 9.80 Å². The molecular weight excluding hydrogens is 896 g/mol. The second kappa shape index (κ2) is 22.2. The lowest BCUT2D eigenvalue weighted by Crippen LogP contribution is -2.39. The number of rotatable bonds is 8. The maximum absolute atomic E-state index is 13.0. The van der Waals surface area contributed by atoms with Crippen LogP contribution in [0.4, 0.5) is 0 Å². The molecular formula is C39H42Br2N2O9S3. The summed E-state index contributed by atoms with van der Waals surface area (Å²) in [7, 11) is 1.00. The zero-order valence-corrected chi connectivity index (χ0v) is 36.9. The molecule has 0 aromatic heterocycles. The van der Waals surface area contributed by atoms with Crippen LogP contribution in [-0.2, 0) is 38.2 Å². The van der Waals surface area contributed by atoms with Gasteiger partial charge in [0.1, 0.15) is 33.3 Å². The van der Waals surface area contributed by atoms with E-state index >= 15 is 0 Å². The van der Waals surface area contributed by atoms with Crippen LogP contribution in [0.1, 0.15) is 41.5 Å². The minimum absolute atomic E-state index is 0.117. The number of carbonyl (C=O) groups excluding carboxylic acids is 6. The average Bonchev–Trinajstić information content (AvgIpc) is 3.43. The van der Waals surface area contributed by atoms with E-state index in [9.17, 15) is 28.8 Å². The number of benzene rings is 3. The molecule has 0 spiro atoms. The number of hydrogen-bond acceptors (Lipinski definition) is 12. The van der Waals surface area contributed by atoms with Gasteiger partial charge in [-0.15, -0.1) is 12.6 Å². The first-order valence-electron chi connectivity index (χ1n) is 16.4. The maximum Gasteiger partial charge on any atom is 0.326 e. The van der Waals surface area contributed by atoms with Crippen LogP contribution in [-0.4, -0.2) is 81.9 Å². The third-order valence-electron chi connectivity index (χ3n) is 6.24. The fourth-order valence-electron chi connectivity index (χ4n) is 4.16. The maximum atomic E-state index is 13.0. The molecule has 1 N–H and O–H groups in total. The molecule has 16 heteroatoms. The number of ether oxygens (including phenoxy) is 2. The minimum atomic E-state index is -0.695. The molecule has 0 unspecified atom stereocenters. The predicted molar refractivity (Wildman–Crippen MR) is 223 cm³/mol. The molecule has 5 rings (SSSR count). The predicted octanol–water partition coefficient (Wildman–Crippen LogP) is 7.78. The van der Waals surface area contributed by atoms with Crippen LogP contribution in [0.15, 0.2) is 124 Å². The zero-order chi connectivity index (χ0) is 41.5. The van der Waals surface area contributed by atoms with Crippen molar-refractivity contribution in [2.24, 2.45) is 0 Å². The van der Waals surface area contributed by atoms with Gasteiger partial charge in [0.05, 0.1) is 9.81 Å². The summed E-state index contributed by atoms with van der Waals surface area (Å²) in [6.45, 7) is 9.55. The molecule has 55 heavy (non-hydrogen) atoms. The van der Waals surface area contributed by atoms with Gasteiger partial charge < -0.3 is 14.6 Å². The Bertz CT molecular complexity index is 1810. The first-order valence-corrected chi connectivity index (χ1v) is 20.0. The summed E-state index contributed by atoms with van der Waals surface area (Å²) >= 11 is 12.5. The molecule has 0 saturated heterocycles. The Hall–Kier alpha value is -3.67. The number of aliphatic hydroxyl groups is 1. The summed E-state index contributed by atoms with van der Waals surface area (Å²) in [5.74, 6) is -3.29. The van der Waals surface area contributed by atoms with E-state index in [0.29, 0.717) is 9.81 Å². The summed E-state index contributed by atoms with van der Waals surface area (Å²) in [6, 6.07) is 28.5. The van der Waals surface area contributed by atoms with Crippen LogP contribution < -0.4 is 0 Å². The van der Waals surface area contributed by atoms with Crippen LogP contribution in [0.3, 0.4) is 0 Å². The Balaban J connectivity index is 0.000000337. The van der Waals surface area contributed by atoms with Crippen molar-refractivity contribution in [2.75, 3.05) is 20.2 Å². The number of amides is 4. The second-order valence-electron chi connectivity index (χ2n) is 13.0. The molecule has 0 atom stereocenters. The average molecular weight is 939 g/mol. The van der Waals surface area contributed by atoms with Gasteiger partial charge in [-0.3, -0.25) is 38.6 Å². The first-order chi connectivity index (χ1) is 25.8. The van der Waals surface area contributed by atoms with Crippen LogP contribution in [0.25, 0.3) is 0 Å². The molecule has 0 radical (unpaired) electrons. The highest BCUT2D eigenvalue weighted by molar-refractivity contribution is 9.14. The van der Waals surface area contributed by atoms with Gasteiger partial charge in [0.25, 0.3) is 23.6 Å². The Labute approximate surface area is 351 Å². The normalized spacial score (nSPS) is 14.1. The molecule has 2 heterocycles. The number of nitrogens with zero attached hydrogens (tertiary/aromatic N) is 2. The lowest BCUT2D eigenvalue weighted by Gasteiger charge is -2.21. The summed E-state index contributed by atoms with van der Waals surface area (Å²) in [5, 5.41) is 7.00. The van der Waals surface area contributed by atoms with Gasteiger partial charge in [0.15, 0.2) is 0 Å². The van der Waals surface area contributed by atoms with Gasteiger partial charge in [0, 0.05) is 21.8 Å². The molecule has 294 valence electrons. The number of carbonyl (C=O) groups is 6. The van der Waals surface area contributed by atoms with E-state index in [2.05, 4.69) is 44.5 Å². The van der Waals surface area contributed by atoms with E-state index < -0.39 is 53.3 Å². The fourth-order valence-corrected chi connectivity index (χ4v) is 7.16. The Morgan fingerprint density at radius 1 is 0.582 bits per heavy atom. The molecule has 3 aromatic rings. The molecule has 4 amide bonds. The number of thiol groups is 1. The third kappa shape index (κ3) is 15.8. The number of hydrogen-bond donors (Lipinski definition) is 2. The van der Waals surface area contributed by atoms with E-state index in [1.54, 1.807) is 41.5 Å². The van der Waals surface area contributed by atoms with Crippen molar-refractivity contribution in [2.45, 2.75) is 67.4 Å². The van der Waals surface area contributed by atoms with E-state index in [0.717, 1.165) is 31.6 Å². The highest BCUT2D eigenvalue weighted by atomic mass is 79.9. The van der Waals surface area contributed by atoms with Crippen LogP contribution in [0.5, 0.6) is 0 Å². The SMILES string of the molecule is CC(C)(C)OC(=O)CN1C(=O)C(Br)=C(Br)C1=O.CC(C)(C)OC(=O)CN1C(=O)C(Sc2ccccc2)=C(Sc2ccccc2)C1=O.CO.Sc1ccccc1. The summed E-state index contributed by atoms with van der Waals surface area (Å²) < 4.78 is 10.6. The topological polar surface area (TPSA) is 148 Å². The number of thioether (sulfide) groups is 2. The zero-order valence-electron chi connectivity index (χ0n) is 31.2.